The van der Waals surface area contributed by atoms with Crippen LogP contribution in [0.25, 0.3) is 0 Å². The van der Waals surface area contributed by atoms with Crippen LogP contribution in [-0.2, 0) is 54.4 Å². The molecule has 10 amide bonds. The van der Waals surface area contributed by atoms with Crippen molar-refractivity contribution in [2.24, 2.45) is 51.2 Å². The largest absolute Gasteiger partial charge is 0.393 e. The second kappa shape index (κ2) is 41.1. The normalized spacial score (nSPS) is 21.8. The van der Waals surface area contributed by atoms with E-state index in [1.54, 1.807) is 44.2 Å². The number of guanidine groups is 1. The van der Waals surface area contributed by atoms with Crippen molar-refractivity contribution in [3.05, 3.63) is 35.9 Å². The summed E-state index contributed by atoms with van der Waals surface area (Å²) in [4.78, 5) is 145. The van der Waals surface area contributed by atoms with E-state index in [0.717, 1.165) is 25.7 Å². The lowest BCUT2D eigenvalue weighted by Crippen LogP contribution is -2.61. The molecule has 0 bridgehead atoms. The lowest BCUT2D eigenvalue weighted by molar-refractivity contribution is -0.136. The van der Waals surface area contributed by atoms with Gasteiger partial charge in [0.05, 0.1) is 18.6 Å². The fraction of sp³-hybridized carbons (Fsp3) is 0.702. The van der Waals surface area contributed by atoms with Gasteiger partial charge in [-0.05, 0) is 101 Å². The molecule has 1 heterocycles. The fourth-order valence-electron chi connectivity index (χ4n) is 9.35. The van der Waals surface area contributed by atoms with Crippen LogP contribution < -0.4 is 87.6 Å². The Kier molecular flexibility index (Phi) is 35.8. The van der Waals surface area contributed by atoms with Crippen molar-refractivity contribution in [1.82, 2.24) is 53.2 Å². The molecule has 28 heteroatoms. The van der Waals surface area contributed by atoms with Crippen molar-refractivity contribution in [3.8, 4) is 0 Å². The molecule has 0 aliphatic carbocycles. The van der Waals surface area contributed by atoms with Crippen LogP contribution in [0.2, 0.25) is 0 Å². The number of amides is 10. The van der Waals surface area contributed by atoms with Crippen LogP contribution in [0.1, 0.15) is 143 Å². The zero-order valence-corrected chi connectivity index (χ0v) is 50.5. The molecule has 1 aromatic carbocycles. The first kappa shape index (κ1) is 74.1. The number of aliphatic imine (C=N–C) groups is 1. The van der Waals surface area contributed by atoms with Crippen molar-refractivity contribution in [2.75, 3.05) is 39.3 Å². The molecule has 28 nitrogen and oxygen atoms in total. The Hall–Kier alpha value is -7.01. The first-order valence-corrected chi connectivity index (χ1v) is 30.0. The molecule has 0 aromatic heterocycles. The highest BCUT2D eigenvalue weighted by Gasteiger charge is 2.36. The van der Waals surface area contributed by atoms with Crippen LogP contribution in [0.4, 0.5) is 0 Å². The summed E-state index contributed by atoms with van der Waals surface area (Å²) in [6, 6.07) is -3.44. The molecule has 0 unspecified atom stereocenters. The lowest BCUT2D eigenvalue weighted by atomic mass is 10.00. The maximum atomic E-state index is 14.8. The number of carbonyl (C=O) groups is 10. The summed E-state index contributed by atoms with van der Waals surface area (Å²) in [5.74, 6) is -8.43. The van der Waals surface area contributed by atoms with Gasteiger partial charge >= 0.3 is 0 Å². The number of nitrogens with one attached hydrogen (secondary N) is 10. The van der Waals surface area contributed by atoms with E-state index in [-0.39, 0.29) is 121 Å². The Morgan fingerprint density at radius 3 is 1.69 bits per heavy atom. The minimum atomic E-state index is -1.58. The molecular weight excluding hydrogens is 1100 g/mol. The summed E-state index contributed by atoms with van der Waals surface area (Å²) in [6.07, 6.45) is 3.31. The smallest absolute Gasteiger partial charge is 0.243 e. The number of nitrogens with two attached hydrogens (primary N) is 6. The molecule has 1 aliphatic rings. The summed E-state index contributed by atoms with van der Waals surface area (Å²) < 4.78 is 0. The first-order valence-electron chi connectivity index (χ1n) is 30.0. The van der Waals surface area contributed by atoms with Crippen LogP contribution in [0.15, 0.2) is 35.3 Å². The van der Waals surface area contributed by atoms with E-state index in [1.807, 2.05) is 13.8 Å². The summed E-state index contributed by atoms with van der Waals surface area (Å²) in [5, 5.41) is 37.5. The molecule has 0 saturated carbocycles. The monoisotopic (exact) mass is 1200 g/mol. The van der Waals surface area contributed by atoms with Gasteiger partial charge in [0.1, 0.15) is 48.3 Å². The van der Waals surface area contributed by atoms with Crippen LogP contribution >= 0.6 is 0 Å². The Bertz CT molecular complexity index is 2290. The van der Waals surface area contributed by atoms with E-state index >= 15 is 0 Å². The van der Waals surface area contributed by atoms with Gasteiger partial charge in [-0.2, -0.15) is 0 Å². The number of nitrogens with zero attached hydrogens (tertiary/aromatic N) is 1. The third-order valence-electron chi connectivity index (χ3n) is 14.0. The number of hydrogen-bond donors (Lipinski definition) is 17. The summed E-state index contributed by atoms with van der Waals surface area (Å²) in [7, 11) is 0. The maximum absolute atomic E-state index is 14.8. The van der Waals surface area contributed by atoms with E-state index < -0.39 is 120 Å². The average Bonchev–Trinajstić information content (AvgIpc) is 3.67. The van der Waals surface area contributed by atoms with Gasteiger partial charge in [-0.25, -0.2) is 0 Å². The number of carbonyl (C=O) groups excluding carboxylic acids is 10. The number of benzene rings is 1. The zero-order chi connectivity index (χ0) is 63.4. The Labute approximate surface area is 500 Å². The van der Waals surface area contributed by atoms with Crippen LogP contribution in [0, 0.1) is 11.8 Å². The van der Waals surface area contributed by atoms with Crippen molar-refractivity contribution in [3.63, 3.8) is 0 Å². The highest BCUT2D eigenvalue weighted by atomic mass is 16.3. The predicted octanol–water partition coefficient (Wildman–Crippen LogP) is -3.24. The molecule has 1 fully saturated rings. The number of hydrogen-bond acceptors (Lipinski definition) is 16. The second-order valence-electron chi connectivity index (χ2n) is 22.5. The van der Waals surface area contributed by atoms with Gasteiger partial charge in [0.25, 0.3) is 0 Å². The highest BCUT2D eigenvalue weighted by Crippen LogP contribution is 2.13. The quantitative estimate of drug-likeness (QED) is 0.0197. The first-order chi connectivity index (χ1) is 40.4. The van der Waals surface area contributed by atoms with Gasteiger partial charge in [-0.1, -0.05) is 97.1 Å². The SMILES string of the molecule is CCCCCCC[C@@H](O)CC(=O)N[C@H](CCN)C(=O)N[C@H]1CCNC(=O)[C@H](CC(C)C)NC(=O)[C@H](CCN)NC(=O)[C@H](CCN)NC(=O)[C@H](CC(C)C)NC(=O)[C@@H](Cc2ccccc2)NC(=O)[C@H](CCNC(=O)[C@@H](N)CCCN=C(N)N)NC1=O. The van der Waals surface area contributed by atoms with Crippen molar-refractivity contribution in [2.45, 2.75) is 204 Å². The molecule has 0 radical (unpaired) electrons. The molecular formula is C57H101N17O11. The topological polar surface area (TPSA) is 480 Å². The number of aliphatic hydroxyl groups excluding tert-OH is 1. The minimum absolute atomic E-state index is 0.0525. The van der Waals surface area contributed by atoms with Gasteiger partial charge in [0.15, 0.2) is 5.96 Å². The molecule has 85 heavy (non-hydrogen) atoms. The summed E-state index contributed by atoms with van der Waals surface area (Å²) in [6.45, 7) is 8.69. The number of unbranched alkanes of at least 4 members (excludes halogenated alkanes) is 4. The number of aliphatic hydroxyl groups is 1. The van der Waals surface area contributed by atoms with Gasteiger partial charge in [0, 0.05) is 26.1 Å². The van der Waals surface area contributed by atoms with Crippen molar-refractivity contribution < 1.29 is 53.1 Å². The summed E-state index contributed by atoms with van der Waals surface area (Å²) >= 11 is 0. The third-order valence-corrected chi connectivity index (χ3v) is 14.0. The standard InChI is InChI=1S/C57H101N17O11/c1-6-7-8-9-13-17-37(75)33-47(76)67-39(19-24-58)50(79)70-42-23-29-65-49(78)44(30-34(2)3)72-52(81)41(21-26-60)68-51(80)40(20-25-59)69-55(84)45(31-35(4)5)73-56(85)46(32-36-15-11-10-12-16-36)74-54(83)43(71-53(42)82)22-28-64-48(77)38(61)18-14-27-66-57(62)63/h10-12,15-16,34-35,37-46,75H,6-9,13-14,17-33,58-61H2,1-5H3,(H,64,77)(H,65,78)(H,67,76)(H,68,80)(H,69,84)(H,70,79)(H,71,82)(H,72,81)(H,73,85)(H,74,83)(H4,62,63,66)/t37-,38+,39-,40+,41+,42+,43+,44+,45+,46-/m1/s1. The van der Waals surface area contributed by atoms with Gasteiger partial charge < -0.3 is 92.7 Å². The maximum Gasteiger partial charge on any atom is 0.243 e. The van der Waals surface area contributed by atoms with Crippen LogP contribution in [-0.4, -0.2) is 170 Å². The summed E-state index contributed by atoms with van der Waals surface area (Å²) in [5.41, 5.74) is 35.4. The van der Waals surface area contributed by atoms with Gasteiger partial charge in [-0.15, -0.1) is 0 Å². The second-order valence-corrected chi connectivity index (χ2v) is 22.5. The molecule has 1 aromatic rings. The lowest BCUT2D eigenvalue weighted by Gasteiger charge is -2.28. The van der Waals surface area contributed by atoms with Crippen LogP contribution in [0.3, 0.4) is 0 Å². The van der Waals surface area contributed by atoms with Gasteiger partial charge in [-0.3, -0.25) is 52.9 Å². The zero-order valence-electron chi connectivity index (χ0n) is 50.5. The Morgan fingerprint density at radius 2 is 1.14 bits per heavy atom. The minimum Gasteiger partial charge on any atom is -0.393 e. The molecule has 1 saturated heterocycles. The highest BCUT2D eigenvalue weighted by molar-refractivity contribution is 5.98. The molecule has 2 rings (SSSR count). The van der Waals surface area contributed by atoms with Crippen molar-refractivity contribution >= 4 is 65.0 Å². The third kappa shape index (κ3) is 30.1. The van der Waals surface area contributed by atoms with Crippen molar-refractivity contribution in [1.29, 1.82) is 0 Å². The van der Waals surface area contributed by atoms with E-state index in [1.165, 1.54) is 0 Å². The fourth-order valence-corrected chi connectivity index (χ4v) is 9.35. The van der Waals surface area contributed by atoms with E-state index in [4.69, 9.17) is 34.4 Å². The number of rotatable bonds is 31. The molecule has 480 valence electrons. The van der Waals surface area contributed by atoms with E-state index in [0.29, 0.717) is 24.8 Å². The molecule has 23 N–H and O–H groups in total. The van der Waals surface area contributed by atoms with E-state index in [2.05, 4.69) is 65.1 Å². The predicted molar refractivity (Wildman–Crippen MR) is 323 cm³/mol. The van der Waals surface area contributed by atoms with Gasteiger partial charge in [0.2, 0.25) is 59.1 Å². The Balaban J connectivity index is 2.82. The average molecular weight is 1200 g/mol. The molecule has 0 spiro atoms. The van der Waals surface area contributed by atoms with E-state index in [9.17, 15) is 53.1 Å². The van der Waals surface area contributed by atoms with Crippen LogP contribution in [0.5, 0.6) is 0 Å². The Morgan fingerprint density at radius 1 is 0.624 bits per heavy atom. The molecule has 10 atom stereocenters. The molecule has 1 aliphatic heterocycles.